The van der Waals surface area contributed by atoms with Gasteiger partial charge in [-0.2, -0.15) is 0 Å². The summed E-state index contributed by atoms with van der Waals surface area (Å²) in [5, 5.41) is 3.40. The molecule has 3 rings (SSSR count). The zero-order valence-corrected chi connectivity index (χ0v) is 12.8. The van der Waals surface area contributed by atoms with Crippen LogP contribution in [0.5, 0.6) is 0 Å². The van der Waals surface area contributed by atoms with E-state index in [2.05, 4.69) is 5.32 Å². The van der Waals surface area contributed by atoms with Crippen molar-refractivity contribution in [2.75, 3.05) is 45.2 Å². The van der Waals surface area contributed by atoms with Crippen LogP contribution >= 0.6 is 12.4 Å². The fourth-order valence-electron chi connectivity index (χ4n) is 3.12. The van der Waals surface area contributed by atoms with E-state index >= 15 is 0 Å². The Hall–Kier alpha value is -1.26. The van der Waals surface area contributed by atoms with Crippen LogP contribution in [0.3, 0.4) is 0 Å². The second-order valence-corrected chi connectivity index (χ2v) is 5.83. The van der Waals surface area contributed by atoms with Gasteiger partial charge >= 0.3 is 0 Å². The molecule has 1 aromatic rings. The number of amides is 1. The van der Waals surface area contributed by atoms with E-state index in [1.807, 2.05) is 48.2 Å². The fraction of sp³-hybridized carbons (Fsp3) is 0.533. The van der Waals surface area contributed by atoms with Gasteiger partial charge in [-0.15, -0.1) is 12.4 Å². The van der Waals surface area contributed by atoms with Gasteiger partial charge in [0.05, 0.1) is 0 Å². The molecule has 5 heteroatoms. The molecule has 0 spiro atoms. The van der Waals surface area contributed by atoms with Crippen molar-refractivity contribution < 1.29 is 4.79 Å². The number of anilines is 1. The topological polar surface area (TPSA) is 35.6 Å². The zero-order chi connectivity index (χ0) is 13.4. The molecule has 0 bridgehead atoms. The number of rotatable bonds is 2. The van der Waals surface area contributed by atoms with Crippen LogP contribution in [0.4, 0.5) is 5.69 Å². The minimum absolute atomic E-state index is 0. The lowest BCUT2D eigenvalue weighted by Crippen LogP contribution is -2.31. The molecule has 2 saturated heterocycles. The monoisotopic (exact) mass is 295 g/mol. The van der Waals surface area contributed by atoms with Crippen LogP contribution in [0.2, 0.25) is 0 Å². The highest BCUT2D eigenvalue weighted by Crippen LogP contribution is 2.27. The Balaban J connectivity index is 0.00000147. The van der Waals surface area contributed by atoms with E-state index in [4.69, 9.17) is 0 Å². The maximum atomic E-state index is 12.5. The third-order valence-electron chi connectivity index (χ3n) is 4.29. The van der Waals surface area contributed by atoms with Crippen LogP contribution in [0.15, 0.2) is 24.3 Å². The van der Waals surface area contributed by atoms with E-state index in [0.717, 1.165) is 37.4 Å². The zero-order valence-electron chi connectivity index (χ0n) is 12.0. The van der Waals surface area contributed by atoms with Crippen molar-refractivity contribution in [2.45, 2.75) is 0 Å². The first-order chi connectivity index (χ1) is 9.15. The van der Waals surface area contributed by atoms with Gasteiger partial charge in [0.1, 0.15) is 0 Å². The van der Waals surface area contributed by atoms with Gasteiger partial charge < -0.3 is 15.1 Å². The van der Waals surface area contributed by atoms with Gasteiger partial charge in [0, 0.05) is 51.5 Å². The second kappa shape index (κ2) is 6.02. The lowest BCUT2D eigenvalue weighted by molar-refractivity contribution is 0.0782. The molecule has 1 amide bonds. The van der Waals surface area contributed by atoms with Gasteiger partial charge in [-0.05, 0) is 30.0 Å². The van der Waals surface area contributed by atoms with Crippen molar-refractivity contribution in [3.8, 4) is 0 Å². The van der Waals surface area contributed by atoms with Gasteiger partial charge in [-0.3, -0.25) is 4.79 Å². The van der Waals surface area contributed by atoms with Gasteiger partial charge in [-0.25, -0.2) is 0 Å². The number of carbonyl (C=O) groups is 1. The lowest BCUT2D eigenvalue weighted by Gasteiger charge is -2.19. The highest BCUT2D eigenvalue weighted by atomic mass is 35.5. The standard InChI is InChI=1S/C15H21N3O.ClH/c1-17(2)14-5-3-4-11(6-14)15(19)18-9-12-7-16-8-13(12)10-18;/h3-6,12-13,16H,7-10H2,1-2H3;1H/t12-,13+;. The van der Waals surface area contributed by atoms with E-state index in [-0.39, 0.29) is 18.3 Å². The van der Waals surface area contributed by atoms with E-state index in [1.165, 1.54) is 0 Å². The number of hydrogen-bond donors (Lipinski definition) is 1. The average Bonchev–Trinajstić information content (AvgIpc) is 2.98. The number of nitrogens with zero attached hydrogens (tertiary/aromatic N) is 2. The number of carbonyl (C=O) groups excluding carboxylic acids is 1. The predicted octanol–water partition coefficient (Wildman–Crippen LogP) is 1.47. The maximum Gasteiger partial charge on any atom is 0.253 e. The van der Waals surface area contributed by atoms with Crippen LogP contribution in [0.25, 0.3) is 0 Å². The Bertz CT molecular complexity index is 480. The first kappa shape index (κ1) is 15.1. The van der Waals surface area contributed by atoms with Crippen molar-refractivity contribution in [2.24, 2.45) is 11.8 Å². The number of nitrogens with one attached hydrogen (secondary N) is 1. The summed E-state index contributed by atoms with van der Waals surface area (Å²) in [5.74, 6) is 1.49. The molecule has 1 aromatic carbocycles. The summed E-state index contributed by atoms with van der Waals surface area (Å²) in [7, 11) is 3.99. The Kier molecular flexibility index (Phi) is 4.55. The molecule has 4 nitrogen and oxygen atoms in total. The molecule has 2 atom stereocenters. The van der Waals surface area contributed by atoms with Gasteiger partial charge in [0.2, 0.25) is 0 Å². The van der Waals surface area contributed by atoms with Crippen LogP contribution in [-0.4, -0.2) is 51.1 Å². The van der Waals surface area contributed by atoms with E-state index in [1.54, 1.807) is 0 Å². The SMILES string of the molecule is CN(C)c1cccc(C(=O)N2C[C@H]3CNC[C@H]3C2)c1.Cl. The summed E-state index contributed by atoms with van der Waals surface area (Å²) in [5.41, 5.74) is 1.88. The normalized spacial score (nSPS) is 24.2. The van der Waals surface area contributed by atoms with Crippen molar-refractivity contribution in [1.82, 2.24) is 10.2 Å². The molecule has 0 saturated carbocycles. The molecule has 2 aliphatic heterocycles. The highest BCUT2D eigenvalue weighted by Gasteiger charge is 2.38. The third kappa shape index (κ3) is 2.76. The van der Waals surface area contributed by atoms with Crippen molar-refractivity contribution in [3.63, 3.8) is 0 Å². The molecule has 2 fully saturated rings. The van der Waals surface area contributed by atoms with Gasteiger partial charge in [0.25, 0.3) is 5.91 Å². The number of hydrogen-bond acceptors (Lipinski definition) is 3. The van der Waals surface area contributed by atoms with Crippen molar-refractivity contribution in [1.29, 1.82) is 0 Å². The minimum atomic E-state index is 0. The molecule has 1 N–H and O–H groups in total. The van der Waals surface area contributed by atoms with E-state index in [9.17, 15) is 4.79 Å². The second-order valence-electron chi connectivity index (χ2n) is 5.83. The summed E-state index contributed by atoms with van der Waals surface area (Å²) in [6.45, 7) is 3.93. The largest absolute Gasteiger partial charge is 0.378 e. The van der Waals surface area contributed by atoms with Gasteiger partial charge in [0.15, 0.2) is 0 Å². The molecule has 2 heterocycles. The van der Waals surface area contributed by atoms with E-state index in [0.29, 0.717) is 11.8 Å². The summed E-state index contributed by atoms with van der Waals surface area (Å²) in [4.78, 5) is 16.6. The summed E-state index contributed by atoms with van der Waals surface area (Å²) >= 11 is 0. The molecule has 0 radical (unpaired) electrons. The lowest BCUT2D eigenvalue weighted by atomic mass is 10.0. The Labute approximate surface area is 126 Å². The van der Waals surface area contributed by atoms with Crippen LogP contribution in [0.1, 0.15) is 10.4 Å². The average molecular weight is 296 g/mol. The first-order valence-corrected chi connectivity index (χ1v) is 6.92. The van der Waals surface area contributed by atoms with Crippen LogP contribution < -0.4 is 10.2 Å². The molecular weight excluding hydrogens is 274 g/mol. The highest BCUT2D eigenvalue weighted by molar-refractivity contribution is 5.95. The number of benzene rings is 1. The third-order valence-corrected chi connectivity index (χ3v) is 4.29. The van der Waals surface area contributed by atoms with E-state index < -0.39 is 0 Å². The molecule has 0 aromatic heterocycles. The quantitative estimate of drug-likeness (QED) is 0.897. The molecule has 20 heavy (non-hydrogen) atoms. The summed E-state index contributed by atoms with van der Waals surface area (Å²) < 4.78 is 0. The number of likely N-dealkylation sites (tertiary alicyclic amines) is 1. The summed E-state index contributed by atoms with van der Waals surface area (Å²) in [6, 6.07) is 7.89. The molecule has 110 valence electrons. The predicted molar refractivity (Wildman–Crippen MR) is 83.8 cm³/mol. The Morgan fingerprint density at radius 2 is 1.90 bits per heavy atom. The summed E-state index contributed by atoms with van der Waals surface area (Å²) in [6.07, 6.45) is 0. The number of fused-ring (bicyclic) bond motifs is 1. The molecular formula is C15H22ClN3O. The molecule has 0 unspecified atom stereocenters. The molecule has 2 aliphatic rings. The van der Waals surface area contributed by atoms with Crippen LogP contribution in [0, 0.1) is 11.8 Å². The maximum absolute atomic E-state index is 12.5. The van der Waals surface area contributed by atoms with Crippen molar-refractivity contribution >= 4 is 24.0 Å². The number of halogens is 1. The van der Waals surface area contributed by atoms with Gasteiger partial charge in [-0.1, -0.05) is 6.07 Å². The van der Waals surface area contributed by atoms with Crippen LogP contribution in [-0.2, 0) is 0 Å². The molecule has 0 aliphatic carbocycles. The minimum Gasteiger partial charge on any atom is -0.378 e. The first-order valence-electron chi connectivity index (χ1n) is 6.92. The van der Waals surface area contributed by atoms with Crippen molar-refractivity contribution in [3.05, 3.63) is 29.8 Å². The smallest absolute Gasteiger partial charge is 0.253 e. The Morgan fingerprint density at radius 3 is 2.50 bits per heavy atom. The fourth-order valence-corrected chi connectivity index (χ4v) is 3.12. The Morgan fingerprint density at radius 1 is 1.25 bits per heavy atom.